The van der Waals surface area contributed by atoms with Gasteiger partial charge in [0.05, 0.1) is 7.11 Å². The minimum absolute atomic E-state index is 0. The number of methoxy groups -OCH3 is 1. The third kappa shape index (κ3) is 3.22. The van der Waals surface area contributed by atoms with Gasteiger partial charge in [0, 0.05) is 0 Å². The number of hydrogen-bond acceptors (Lipinski definition) is 3. The molecule has 18 heavy (non-hydrogen) atoms. The Morgan fingerprint density at radius 2 is 1.89 bits per heavy atom. The molecule has 0 amide bonds. The zero-order valence-corrected chi connectivity index (χ0v) is 10.9. The van der Waals surface area contributed by atoms with Gasteiger partial charge >= 0.3 is 5.97 Å². The molecule has 0 bridgehead atoms. The summed E-state index contributed by atoms with van der Waals surface area (Å²) in [5.74, 6) is -0.377. The zero-order valence-electron chi connectivity index (χ0n) is 10.1. The Balaban J connectivity index is 0.00000162. The Hall–Kier alpha value is -1.58. The highest BCUT2D eigenvalue weighted by molar-refractivity contribution is 5.85. The summed E-state index contributed by atoms with van der Waals surface area (Å²) in [4.78, 5) is 11.2. The maximum absolute atomic E-state index is 11.2. The molecule has 3 nitrogen and oxygen atoms in total. The maximum atomic E-state index is 11.2. The summed E-state index contributed by atoms with van der Waals surface area (Å²) in [6.07, 6.45) is 0.498. The molecule has 0 heterocycles. The van der Waals surface area contributed by atoms with E-state index in [0.717, 1.165) is 10.9 Å². The number of fused-ring (bicyclic) bond motifs is 1. The molecule has 0 aliphatic rings. The number of nitrogens with two attached hydrogens (primary N) is 1. The minimum atomic E-state index is -0.596. The van der Waals surface area contributed by atoms with E-state index >= 15 is 0 Å². The lowest BCUT2D eigenvalue weighted by atomic mass is 10.0. The van der Waals surface area contributed by atoms with Crippen LogP contribution < -0.4 is 5.73 Å². The van der Waals surface area contributed by atoms with Crippen LogP contribution in [0.5, 0.6) is 0 Å². The molecule has 0 aromatic heterocycles. The molecule has 0 unspecified atom stereocenters. The van der Waals surface area contributed by atoms with Gasteiger partial charge in [-0.2, -0.15) is 0 Å². The molecule has 0 fully saturated rings. The van der Waals surface area contributed by atoms with Crippen LogP contribution >= 0.6 is 12.4 Å². The number of rotatable bonds is 3. The van der Waals surface area contributed by atoms with E-state index in [1.807, 2.05) is 30.3 Å². The van der Waals surface area contributed by atoms with Gasteiger partial charge < -0.3 is 10.5 Å². The summed E-state index contributed by atoms with van der Waals surface area (Å²) in [5, 5.41) is 2.34. The van der Waals surface area contributed by atoms with Crippen LogP contribution in [0.1, 0.15) is 5.56 Å². The fraction of sp³-hybridized carbons (Fsp3) is 0.214. The van der Waals surface area contributed by atoms with E-state index in [1.54, 1.807) is 0 Å². The van der Waals surface area contributed by atoms with Gasteiger partial charge in [-0.3, -0.25) is 4.79 Å². The highest BCUT2D eigenvalue weighted by Gasteiger charge is 2.14. The summed E-state index contributed by atoms with van der Waals surface area (Å²) in [5.41, 5.74) is 6.77. The van der Waals surface area contributed by atoms with Crippen LogP contribution in [0.15, 0.2) is 42.5 Å². The predicted molar refractivity (Wildman–Crippen MR) is 74.9 cm³/mol. The first-order valence-electron chi connectivity index (χ1n) is 5.52. The van der Waals surface area contributed by atoms with Crippen LogP contribution in [0, 0.1) is 0 Å². The predicted octanol–water partition coefficient (Wildman–Crippen LogP) is 2.30. The molecule has 2 rings (SSSR count). The van der Waals surface area contributed by atoms with Crippen LogP contribution in [0.4, 0.5) is 0 Å². The van der Waals surface area contributed by atoms with Gasteiger partial charge in [0.25, 0.3) is 0 Å². The number of hydrogen-bond donors (Lipinski definition) is 1. The van der Waals surface area contributed by atoms with Gasteiger partial charge in [0.1, 0.15) is 6.04 Å². The number of ether oxygens (including phenoxy) is 1. The van der Waals surface area contributed by atoms with Crippen LogP contribution in [0.3, 0.4) is 0 Å². The topological polar surface area (TPSA) is 52.3 Å². The number of esters is 1. The van der Waals surface area contributed by atoms with Crippen molar-refractivity contribution in [3.63, 3.8) is 0 Å². The lowest BCUT2D eigenvalue weighted by Crippen LogP contribution is -2.33. The number of benzene rings is 2. The number of carbonyl (C=O) groups is 1. The van der Waals surface area contributed by atoms with Crippen molar-refractivity contribution in [2.75, 3.05) is 7.11 Å². The van der Waals surface area contributed by atoms with Crippen molar-refractivity contribution in [3.05, 3.63) is 48.0 Å². The van der Waals surface area contributed by atoms with Gasteiger partial charge in [0.15, 0.2) is 0 Å². The monoisotopic (exact) mass is 265 g/mol. The Labute approximate surface area is 112 Å². The summed E-state index contributed by atoms with van der Waals surface area (Å²) in [6.45, 7) is 0. The second-order valence-corrected chi connectivity index (χ2v) is 4.02. The third-order valence-corrected chi connectivity index (χ3v) is 2.77. The average molecular weight is 266 g/mol. The van der Waals surface area contributed by atoms with Crippen LogP contribution in [-0.2, 0) is 16.0 Å². The van der Waals surface area contributed by atoms with Gasteiger partial charge in [-0.25, -0.2) is 0 Å². The number of carbonyl (C=O) groups excluding carboxylic acids is 1. The number of halogens is 1. The Bertz CT molecular complexity index is 542. The van der Waals surface area contributed by atoms with E-state index in [2.05, 4.69) is 16.9 Å². The minimum Gasteiger partial charge on any atom is -0.468 e. The fourth-order valence-corrected chi connectivity index (χ4v) is 1.85. The summed E-state index contributed by atoms with van der Waals surface area (Å²) in [6, 6.07) is 13.6. The SMILES string of the molecule is COC(=O)[C@@H](N)Cc1ccc2ccccc2c1.Cl. The van der Waals surface area contributed by atoms with Crippen molar-refractivity contribution < 1.29 is 9.53 Å². The zero-order chi connectivity index (χ0) is 12.3. The van der Waals surface area contributed by atoms with E-state index in [-0.39, 0.29) is 18.4 Å². The standard InChI is InChI=1S/C14H15NO2.ClH/c1-17-14(16)13(15)9-10-6-7-11-4-2-3-5-12(11)8-10;/h2-8,13H,9,15H2,1H3;1H/t13-;/m0./s1. The second-order valence-electron chi connectivity index (χ2n) is 4.02. The third-order valence-electron chi connectivity index (χ3n) is 2.77. The molecule has 1 atom stereocenters. The molecule has 2 aromatic carbocycles. The van der Waals surface area contributed by atoms with E-state index in [9.17, 15) is 4.79 Å². The molecule has 0 radical (unpaired) electrons. The van der Waals surface area contributed by atoms with Crippen molar-refractivity contribution in [2.24, 2.45) is 5.73 Å². The molecule has 0 aliphatic heterocycles. The second kappa shape index (κ2) is 6.38. The van der Waals surface area contributed by atoms with E-state index < -0.39 is 6.04 Å². The van der Waals surface area contributed by atoms with E-state index in [4.69, 9.17) is 5.73 Å². The Morgan fingerprint density at radius 3 is 2.56 bits per heavy atom. The molecule has 0 aliphatic carbocycles. The fourth-order valence-electron chi connectivity index (χ4n) is 1.85. The quantitative estimate of drug-likeness (QED) is 0.867. The molecular weight excluding hydrogens is 250 g/mol. The largest absolute Gasteiger partial charge is 0.468 e. The van der Waals surface area contributed by atoms with Gasteiger partial charge in [-0.1, -0.05) is 42.5 Å². The van der Waals surface area contributed by atoms with Crippen LogP contribution in [0.2, 0.25) is 0 Å². The van der Waals surface area contributed by atoms with Crippen molar-refractivity contribution >= 4 is 29.1 Å². The van der Waals surface area contributed by atoms with Crippen LogP contribution in [0.25, 0.3) is 10.8 Å². The highest BCUT2D eigenvalue weighted by atomic mass is 35.5. The summed E-state index contributed by atoms with van der Waals surface area (Å²) < 4.78 is 4.61. The normalized spacial score (nSPS) is 11.7. The lowest BCUT2D eigenvalue weighted by Gasteiger charge is -2.09. The first-order chi connectivity index (χ1) is 8.20. The van der Waals surface area contributed by atoms with E-state index in [1.165, 1.54) is 12.5 Å². The average Bonchev–Trinajstić information content (AvgIpc) is 2.37. The van der Waals surface area contributed by atoms with Crippen molar-refractivity contribution in [1.82, 2.24) is 0 Å². The molecule has 4 heteroatoms. The summed E-state index contributed by atoms with van der Waals surface area (Å²) in [7, 11) is 1.35. The molecule has 0 saturated carbocycles. The first kappa shape index (κ1) is 14.5. The first-order valence-corrected chi connectivity index (χ1v) is 5.52. The highest BCUT2D eigenvalue weighted by Crippen LogP contribution is 2.16. The van der Waals surface area contributed by atoms with Gasteiger partial charge in [-0.05, 0) is 22.8 Å². The molecule has 0 spiro atoms. The van der Waals surface area contributed by atoms with Gasteiger partial charge in [0.2, 0.25) is 0 Å². The molecule has 0 saturated heterocycles. The smallest absolute Gasteiger partial charge is 0.322 e. The van der Waals surface area contributed by atoms with Crippen molar-refractivity contribution in [3.8, 4) is 0 Å². The van der Waals surface area contributed by atoms with Gasteiger partial charge in [-0.15, -0.1) is 12.4 Å². The lowest BCUT2D eigenvalue weighted by molar-refractivity contribution is -0.142. The van der Waals surface area contributed by atoms with E-state index in [0.29, 0.717) is 6.42 Å². The van der Waals surface area contributed by atoms with Crippen LogP contribution in [-0.4, -0.2) is 19.1 Å². The molecule has 2 aromatic rings. The molecule has 96 valence electrons. The summed E-state index contributed by atoms with van der Waals surface area (Å²) >= 11 is 0. The Kier molecular flexibility index (Phi) is 5.13. The van der Waals surface area contributed by atoms with Crippen molar-refractivity contribution in [1.29, 1.82) is 0 Å². The maximum Gasteiger partial charge on any atom is 0.322 e. The molecule has 2 N–H and O–H groups in total. The Morgan fingerprint density at radius 1 is 1.22 bits per heavy atom. The van der Waals surface area contributed by atoms with Crippen molar-refractivity contribution in [2.45, 2.75) is 12.5 Å². The molecular formula is C14H16ClNO2.